The van der Waals surface area contributed by atoms with Crippen LogP contribution in [0.3, 0.4) is 0 Å². The highest BCUT2D eigenvalue weighted by Gasteiger charge is 1.98. The average Bonchev–Trinajstić information content (AvgIpc) is 1.79. The Morgan fingerprint density at radius 3 is 1.50 bits per heavy atom. The summed E-state index contributed by atoms with van der Waals surface area (Å²) in [6.45, 7) is -0.808. The Balaban J connectivity index is 3.06. The van der Waals surface area contributed by atoms with Crippen LogP contribution in [0.25, 0.3) is 0 Å². The topological polar surface area (TPSA) is 52.6 Å². The van der Waals surface area contributed by atoms with Crippen molar-refractivity contribution in [3.05, 3.63) is 0 Å². The summed E-state index contributed by atoms with van der Waals surface area (Å²) < 4.78 is 49.0. The van der Waals surface area contributed by atoms with E-state index in [1.54, 1.807) is 0 Å². The van der Waals surface area contributed by atoms with E-state index in [2.05, 4.69) is 8.37 Å². The molecule has 0 bridgehead atoms. The van der Waals surface area contributed by atoms with Gasteiger partial charge < -0.3 is 0 Å². The lowest BCUT2D eigenvalue weighted by Crippen LogP contribution is -2.03. The number of hydrogen-bond acceptors (Lipinski definition) is 4. The minimum absolute atomic E-state index is 0.404. The third kappa shape index (κ3) is 8.08. The second kappa shape index (κ2) is 5.83. The summed E-state index contributed by atoms with van der Waals surface area (Å²) in [5.41, 5.74) is 0. The van der Waals surface area contributed by atoms with Gasteiger partial charge in [-0.25, -0.2) is 0 Å². The van der Waals surface area contributed by atoms with Gasteiger partial charge in [0.15, 0.2) is 0 Å². The van der Waals surface area contributed by atoms with Crippen molar-refractivity contribution >= 4 is 22.9 Å². The first-order chi connectivity index (χ1) is 4.63. The van der Waals surface area contributed by atoms with Crippen LogP contribution < -0.4 is 0 Å². The van der Waals surface area contributed by atoms with Gasteiger partial charge in [0.1, 0.15) is 0 Å². The van der Waals surface area contributed by atoms with E-state index in [9.17, 15) is 16.2 Å². The molecule has 2 atom stereocenters. The van der Waals surface area contributed by atoms with Crippen molar-refractivity contribution < 1.29 is 24.6 Å². The summed E-state index contributed by atoms with van der Waals surface area (Å²) in [5.74, 6) is 0. The average molecular weight is 194 g/mol. The molecule has 0 heterocycles. The molecule has 0 aliphatic rings. The van der Waals surface area contributed by atoms with Crippen LogP contribution in [-0.2, 0) is 31.3 Å². The predicted octanol–water partition coefficient (Wildman–Crippen LogP) is 0.116. The predicted molar refractivity (Wildman–Crippen MR) is 30.4 cm³/mol. The standard InChI is InChI=1S/C2H4F2O4S2/c3-9(5)7-1-2-8-10(4)6/h1-2H2. The molecule has 0 aromatic heterocycles. The third-order valence-corrected chi connectivity index (χ3v) is 1.14. The Morgan fingerprint density at radius 1 is 1.00 bits per heavy atom. The maximum absolute atomic E-state index is 11.3. The van der Waals surface area contributed by atoms with Crippen LogP contribution >= 0.6 is 0 Å². The van der Waals surface area contributed by atoms with E-state index in [-0.39, 0.29) is 0 Å². The zero-order chi connectivity index (χ0) is 7.98. The van der Waals surface area contributed by atoms with Crippen molar-refractivity contribution in [1.82, 2.24) is 0 Å². The molecule has 0 N–H and O–H groups in total. The monoisotopic (exact) mass is 194 g/mol. The molecule has 2 unspecified atom stereocenters. The second-order valence-electron chi connectivity index (χ2n) is 1.03. The lowest BCUT2D eigenvalue weighted by molar-refractivity contribution is 0.232. The molecule has 8 heteroatoms. The van der Waals surface area contributed by atoms with Crippen molar-refractivity contribution in [1.29, 1.82) is 0 Å². The number of hydrogen-bond donors (Lipinski definition) is 0. The number of halogens is 2. The highest BCUT2D eigenvalue weighted by Crippen LogP contribution is 1.89. The van der Waals surface area contributed by atoms with Crippen LogP contribution in [0.1, 0.15) is 0 Å². The van der Waals surface area contributed by atoms with E-state index in [0.717, 1.165) is 0 Å². The van der Waals surface area contributed by atoms with Crippen molar-refractivity contribution in [2.75, 3.05) is 13.2 Å². The van der Waals surface area contributed by atoms with Gasteiger partial charge in [0.25, 0.3) is 0 Å². The summed E-state index contributed by atoms with van der Waals surface area (Å²) in [5, 5.41) is 0. The lowest BCUT2D eigenvalue weighted by atomic mass is 10.8. The zero-order valence-corrected chi connectivity index (χ0v) is 6.25. The van der Waals surface area contributed by atoms with Gasteiger partial charge in [-0.05, 0) is 0 Å². The summed E-state index contributed by atoms with van der Waals surface area (Å²) in [4.78, 5) is 0. The molecule has 0 saturated heterocycles. The second-order valence-corrected chi connectivity index (χ2v) is 2.28. The van der Waals surface area contributed by atoms with Crippen LogP contribution in [0.15, 0.2) is 0 Å². The molecule has 4 nitrogen and oxygen atoms in total. The van der Waals surface area contributed by atoms with Gasteiger partial charge >= 0.3 is 22.9 Å². The molecule has 62 valence electrons. The van der Waals surface area contributed by atoms with Crippen molar-refractivity contribution in [2.45, 2.75) is 0 Å². The summed E-state index contributed by atoms with van der Waals surface area (Å²) >= 11 is -5.76. The molecule has 0 rings (SSSR count). The molecule has 0 saturated carbocycles. The van der Waals surface area contributed by atoms with Gasteiger partial charge in [-0.15, -0.1) is 7.77 Å². The molecule has 0 amide bonds. The fourth-order valence-electron chi connectivity index (χ4n) is 0.199. The van der Waals surface area contributed by atoms with E-state index >= 15 is 0 Å². The SMILES string of the molecule is O=S(F)OCCOS(=O)F. The van der Waals surface area contributed by atoms with Crippen molar-refractivity contribution in [3.8, 4) is 0 Å². The van der Waals surface area contributed by atoms with Gasteiger partial charge in [0.05, 0.1) is 13.2 Å². The molecular weight excluding hydrogens is 190 g/mol. The minimum Gasteiger partial charge on any atom is -0.263 e. The smallest absolute Gasteiger partial charge is 0.263 e. The van der Waals surface area contributed by atoms with Crippen molar-refractivity contribution in [2.24, 2.45) is 0 Å². The Morgan fingerprint density at radius 2 is 1.30 bits per heavy atom. The molecular formula is C2H4F2O4S2. The lowest BCUT2D eigenvalue weighted by Gasteiger charge is -1.93. The Kier molecular flexibility index (Phi) is 5.88. The molecule has 0 aromatic rings. The Bertz CT molecular complexity index is 123. The van der Waals surface area contributed by atoms with E-state index in [4.69, 9.17) is 0 Å². The Hall–Kier alpha value is 0.0800. The van der Waals surface area contributed by atoms with Crippen LogP contribution in [0.5, 0.6) is 0 Å². The quantitative estimate of drug-likeness (QED) is 0.460. The van der Waals surface area contributed by atoms with Gasteiger partial charge in [-0.2, -0.15) is 8.42 Å². The largest absolute Gasteiger partial charge is 0.344 e. The van der Waals surface area contributed by atoms with E-state index < -0.39 is 36.1 Å². The molecule has 0 spiro atoms. The van der Waals surface area contributed by atoms with Crippen LogP contribution in [-0.4, -0.2) is 21.6 Å². The molecule has 0 fully saturated rings. The van der Waals surface area contributed by atoms with Crippen LogP contribution in [0.2, 0.25) is 0 Å². The van der Waals surface area contributed by atoms with Gasteiger partial charge in [-0.1, -0.05) is 0 Å². The summed E-state index contributed by atoms with van der Waals surface area (Å²) in [7, 11) is 0. The maximum atomic E-state index is 11.3. The minimum atomic E-state index is -2.88. The van der Waals surface area contributed by atoms with Crippen LogP contribution in [0, 0.1) is 0 Å². The molecule has 0 aliphatic carbocycles. The number of rotatable bonds is 5. The summed E-state index contributed by atoms with van der Waals surface area (Å²) in [6, 6.07) is 0. The van der Waals surface area contributed by atoms with E-state index in [0.29, 0.717) is 0 Å². The molecule has 0 radical (unpaired) electrons. The van der Waals surface area contributed by atoms with Gasteiger partial charge in [0, 0.05) is 0 Å². The first kappa shape index (κ1) is 10.1. The Labute approximate surface area is 61.4 Å². The van der Waals surface area contributed by atoms with Gasteiger partial charge in [0.2, 0.25) is 0 Å². The third-order valence-electron chi connectivity index (χ3n) is 0.435. The highest BCUT2D eigenvalue weighted by atomic mass is 32.2. The maximum Gasteiger partial charge on any atom is 0.344 e. The normalized spacial score (nSPS) is 16.6. The van der Waals surface area contributed by atoms with Gasteiger partial charge in [-0.3, -0.25) is 8.37 Å². The molecule has 0 aromatic carbocycles. The fraction of sp³-hybridized carbons (Fsp3) is 1.00. The zero-order valence-electron chi connectivity index (χ0n) is 4.62. The summed E-state index contributed by atoms with van der Waals surface area (Å²) in [6.07, 6.45) is 0. The van der Waals surface area contributed by atoms with E-state index in [1.165, 1.54) is 0 Å². The fourth-order valence-corrected chi connectivity index (χ4v) is 0.597. The first-order valence-corrected chi connectivity index (χ1v) is 4.00. The molecule has 10 heavy (non-hydrogen) atoms. The van der Waals surface area contributed by atoms with E-state index in [1.807, 2.05) is 0 Å². The first-order valence-electron chi connectivity index (χ1n) is 2.05. The highest BCUT2D eigenvalue weighted by molar-refractivity contribution is 7.75. The molecule has 0 aliphatic heterocycles. The van der Waals surface area contributed by atoms with Crippen LogP contribution in [0.4, 0.5) is 7.77 Å². The van der Waals surface area contributed by atoms with Crippen molar-refractivity contribution in [3.63, 3.8) is 0 Å².